The second kappa shape index (κ2) is 8.96. The third kappa shape index (κ3) is 5.43. The highest BCUT2D eigenvalue weighted by molar-refractivity contribution is 6.31. The van der Waals surface area contributed by atoms with Crippen molar-refractivity contribution in [2.24, 2.45) is 5.92 Å². The number of rotatable bonds is 7. The van der Waals surface area contributed by atoms with Crippen LogP contribution in [0.25, 0.3) is 0 Å². The van der Waals surface area contributed by atoms with E-state index in [-0.39, 0.29) is 28.8 Å². The molecule has 0 radical (unpaired) electrons. The average Bonchev–Trinajstić information content (AvgIpc) is 2.55. The highest BCUT2D eigenvalue weighted by atomic mass is 35.5. The number of carbonyl (C=O) groups excluding carboxylic acids is 1. The predicted molar refractivity (Wildman–Crippen MR) is 94.4 cm³/mol. The Balaban J connectivity index is 1.85. The molecule has 132 valence electrons. The van der Waals surface area contributed by atoms with Gasteiger partial charge in [-0.1, -0.05) is 11.6 Å². The topological polar surface area (TPSA) is 87.5 Å². The summed E-state index contributed by atoms with van der Waals surface area (Å²) >= 11 is 5.77. The second-order valence-electron chi connectivity index (χ2n) is 6.08. The summed E-state index contributed by atoms with van der Waals surface area (Å²) in [6.07, 6.45) is 3.32. The molecule has 8 heteroatoms. The number of nitrogens with one attached hydrogen (secondary N) is 2. The molecule has 2 N–H and O–H groups in total. The lowest BCUT2D eigenvalue weighted by Gasteiger charge is -2.31. The van der Waals surface area contributed by atoms with Crippen LogP contribution in [0.15, 0.2) is 18.2 Å². The number of halogens is 1. The second-order valence-corrected chi connectivity index (χ2v) is 6.51. The number of piperidine rings is 1. The smallest absolute Gasteiger partial charge is 0.294 e. The number of likely N-dealkylation sites (tertiary alicyclic amines) is 1. The van der Waals surface area contributed by atoms with E-state index >= 15 is 0 Å². The molecule has 2 rings (SSSR count). The summed E-state index contributed by atoms with van der Waals surface area (Å²) in [5, 5.41) is 17.1. The van der Waals surface area contributed by atoms with Gasteiger partial charge in [0, 0.05) is 11.1 Å². The van der Waals surface area contributed by atoms with E-state index in [4.69, 9.17) is 11.6 Å². The van der Waals surface area contributed by atoms with Crippen molar-refractivity contribution in [2.45, 2.75) is 19.3 Å². The van der Waals surface area contributed by atoms with Crippen molar-refractivity contribution < 1.29 is 9.72 Å². The number of nitro groups is 1. The summed E-state index contributed by atoms with van der Waals surface area (Å²) < 4.78 is 0. The first kappa shape index (κ1) is 18.6. The molecule has 0 spiro atoms. The molecular formula is C16H23ClN4O3. The van der Waals surface area contributed by atoms with Gasteiger partial charge in [0.15, 0.2) is 0 Å². The molecule has 0 aliphatic carbocycles. The number of benzene rings is 1. The first-order valence-corrected chi connectivity index (χ1v) is 8.48. The molecule has 0 aromatic heterocycles. The highest BCUT2D eigenvalue weighted by Crippen LogP contribution is 2.27. The fourth-order valence-corrected chi connectivity index (χ4v) is 3.10. The Hall–Kier alpha value is -1.70. The molecule has 0 unspecified atom stereocenters. The molecule has 1 aromatic rings. The fourth-order valence-electron chi connectivity index (χ4n) is 2.94. The summed E-state index contributed by atoms with van der Waals surface area (Å²) in [6, 6.07) is 4.23. The summed E-state index contributed by atoms with van der Waals surface area (Å²) in [5.41, 5.74) is -0.0140. The van der Waals surface area contributed by atoms with Gasteiger partial charge in [-0.2, -0.15) is 0 Å². The molecule has 1 fully saturated rings. The minimum Gasteiger partial charge on any atom is -0.320 e. The number of hydrogen-bond acceptors (Lipinski definition) is 5. The van der Waals surface area contributed by atoms with Crippen LogP contribution in [0.5, 0.6) is 0 Å². The van der Waals surface area contributed by atoms with Gasteiger partial charge in [-0.05, 0) is 64.0 Å². The van der Waals surface area contributed by atoms with E-state index in [9.17, 15) is 14.9 Å². The first-order valence-electron chi connectivity index (χ1n) is 8.10. The van der Waals surface area contributed by atoms with Crippen LogP contribution in [-0.2, 0) is 4.79 Å². The molecule has 0 bridgehead atoms. The van der Waals surface area contributed by atoms with E-state index in [1.807, 2.05) is 7.05 Å². The van der Waals surface area contributed by atoms with Crippen LogP contribution >= 0.6 is 11.6 Å². The van der Waals surface area contributed by atoms with Gasteiger partial charge in [-0.25, -0.2) is 0 Å². The van der Waals surface area contributed by atoms with E-state index in [0.29, 0.717) is 5.92 Å². The molecule has 1 aliphatic heterocycles. The number of anilines is 1. The Kier molecular flexibility index (Phi) is 6.96. The SMILES string of the molecule is CNCCC1CCN(CC(=O)Nc2ccc(Cl)cc2[N+](=O)[O-])CC1. The van der Waals surface area contributed by atoms with Gasteiger partial charge in [-0.15, -0.1) is 0 Å². The zero-order valence-electron chi connectivity index (χ0n) is 13.8. The van der Waals surface area contributed by atoms with Gasteiger partial charge in [0.2, 0.25) is 5.91 Å². The van der Waals surface area contributed by atoms with E-state index in [2.05, 4.69) is 15.5 Å². The van der Waals surface area contributed by atoms with Gasteiger partial charge in [0.1, 0.15) is 5.69 Å². The Bertz CT molecular complexity index is 589. The number of nitro benzene ring substituents is 1. The van der Waals surface area contributed by atoms with Gasteiger partial charge in [0.25, 0.3) is 5.69 Å². The third-order valence-corrected chi connectivity index (χ3v) is 4.54. The van der Waals surface area contributed by atoms with Crippen molar-refractivity contribution in [3.63, 3.8) is 0 Å². The largest absolute Gasteiger partial charge is 0.320 e. The quantitative estimate of drug-likeness (QED) is 0.580. The number of nitrogens with zero attached hydrogens (tertiary/aromatic N) is 2. The molecule has 0 atom stereocenters. The minimum absolute atomic E-state index is 0.179. The van der Waals surface area contributed by atoms with E-state index in [0.717, 1.165) is 38.9 Å². The average molecular weight is 355 g/mol. The molecule has 1 amide bonds. The number of carbonyl (C=O) groups is 1. The van der Waals surface area contributed by atoms with Crippen molar-refractivity contribution in [2.75, 3.05) is 38.5 Å². The fraction of sp³-hybridized carbons (Fsp3) is 0.562. The molecule has 24 heavy (non-hydrogen) atoms. The molecule has 1 aromatic carbocycles. The van der Waals surface area contributed by atoms with Gasteiger partial charge >= 0.3 is 0 Å². The first-order chi connectivity index (χ1) is 11.5. The Labute approximate surface area is 146 Å². The number of hydrogen-bond donors (Lipinski definition) is 2. The summed E-state index contributed by atoms with van der Waals surface area (Å²) in [7, 11) is 1.95. The van der Waals surface area contributed by atoms with Gasteiger partial charge in [0.05, 0.1) is 11.5 Å². The van der Waals surface area contributed by atoms with Crippen molar-refractivity contribution in [1.82, 2.24) is 10.2 Å². The van der Waals surface area contributed by atoms with E-state index < -0.39 is 4.92 Å². The van der Waals surface area contributed by atoms with Crippen LogP contribution in [-0.4, -0.2) is 49.0 Å². The van der Waals surface area contributed by atoms with Crippen molar-refractivity contribution in [3.8, 4) is 0 Å². The third-order valence-electron chi connectivity index (χ3n) is 4.31. The molecule has 1 aliphatic rings. The molecule has 0 saturated carbocycles. The zero-order chi connectivity index (χ0) is 17.5. The Morgan fingerprint density at radius 2 is 2.12 bits per heavy atom. The zero-order valence-corrected chi connectivity index (χ0v) is 14.5. The normalized spacial score (nSPS) is 16.1. The minimum atomic E-state index is -0.547. The van der Waals surface area contributed by atoms with Crippen molar-refractivity contribution in [3.05, 3.63) is 33.3 Å². The molecule has 7 nitrogen and oxygen atoms in total. The lowest BCUT2D eigenvalue weighted by atomic mass is 9.93. The predicted octanol–water partition coefficient (Wildman–Crippen LogP) is 2.51. The van der Waals surface area contributed by atoms with Crippen molar-refractivity contribution >= 4 is 28.9 Å². The lowest BCUT2D eigenvalue weighted by Crippen LogP contribution is -2.39. The maximum atomic E-state index is 12.2. The summed E-state index contributed by atoms with van der Waals surface area (Å²) in [5.74, 6) is 0.461. The molecule has 1 heterocycles. The van der Waals surface area contributed by atoms with Crippen LogP contribution in [0.3, 0.4) is 0 Å². The van der Waals surface area contributed by atoms with Crippen LogP contribution in [0.4, 0.5) is 11.4 Å². The van der Waals surface area contributed by atoms with Crippen molar-refractivity contribution in [1.29, 1.82) is 0 Å². The maximum Gasteiger partial charge on any atom is 0.294 e. The van der Waals surface area contributed by atoms with Crippen LogP contribution < -0.4 is 10.6 Å². The van der Waals surface area contributed by atoms with Gasteiger partial charge < -0.3 is 10.6 Å². The van der Waals surface area contributed by atoms with Crippen LogP contribution in [0, 0.1) is 16.0 Å². The van der Waals surface area contributed by atoms with Gasteiger partial charge in [-0.3, -0.25) is 19.8 Å². The standard InChI is InChI=1S/C16H23ClN4O3/c1-18-7-4-12-5-8-20(9-6-12)11-16(22)19-14-3-2-13(17)10-15(14)21(23)24/h2-3,10,12,18H,4-9,11H2,1H3,(H,19,22). The molecule has 1 saturated heterocycles. The van der Waals surface area contributed by atoms with Crippen LogP contribution in [0.1, 0.15) is 19.3 Å². The summed E-state index contributed by atoms with van der Waals surface area (Å²) in [6.45, 7) is 3.03. The monoisotopic (exact) mass is 354 g/mol. The maximum absolute atomic E-state index is 12.2. The molecular weight excluding hydrogens is 332 g/mol. The highest BCUT2D eigenvalue weighted by Gasteiger charge is 2.22. The number of amides is 1. The Morgan fingerprint density at radius 3 is 2.75 bits per heavy atom. The van der Waals surface area contributed by atoms with E-state index in [1.165, 1.54) is 18.2 Å². The lowest BCUT2D eigenvalue weighted by molar-refractivity contribution is -0.383. The Morgan fingerprint density at radius 1 is 1.42 bits per heavy atom. The van der Waals surface area contributed by atoms with Crippen LogP contribution in [0.2, 0.25) is 5.02 Å². The summed E-state index contributed by atoms with van der Waals surface area (Å²) in [4.78, 5) is 24.8. The van der Waals surface area contributed by atoms with E-state index in [1.54, 1.807) is 0 Å².